The van der Waals surface area contributed by atoms with Gasteiger partial charge in [0.05, 0.1) is 10.8 Å². The maximum atomic E-state index is 11.4. The quantitative estimate of drug-likeness (QED) is 0.860. The first kappa shape index (κ1) is 14.6. The molecule has 1 aliphatic heterocycles. The van der Waals surface area contributed by atoms with E-state index in [4.69, 9.17) is 11.6 Å². The fourth-order valence-corrected chi connectivity index (χ4v) is 3.93. The Morgan fingerprint density at radius 2 is 2.26 bits per heavy atom. The number of pyridine rings is 1. The number of aryl methyl sites for hydroxylation is 1. The normalized spacial score (nSPS) is 20.6. The van der Waals surface area contributed by atoms with E-state index in [9.17, 15) is 8.42 Å². The Morgan fingerprint density at radius 3 is 2.95 bits per heavy atom. The van der Waals surface area contributed by atoms with Crippen molar-refractivity contribution in [3.05, 3.63) is 22.8 Å². The molecule has 19 heavy (non-hydrogen) atoms. The van der Waals surface area contributed by atoms with Crippen molar-refractivity contribution in [1.82, 2.24) is 4.98 Å². The molecule has 0 saturated carbocycles. The zero-order valence-corrected chi connectivity index (χ0v) is 12.8. The minimum absolute atomic E-state index is 0.169. The lowest BCUT2D eigenvalue weighted by molar-refractivity contribution is 0.442. The third-order valence-corrected chi connectivity index (χ3v) is 4.96. The first-order valence-electron chi connectivity index (χ1n) is 6.40. The minimum atomic E-state index is -2.93. The molecule has 1 fully saturated rings. The van der Waals surface area contributed by atoms with Crippen LogP contribution in [0.15, 0.2) is 12.3 Å². The topological polar surface area (TPSA) is 50.3 Å². The second kappa shape index (κ2) is 5.67. The number of hydrogen-bond acceptors (Lipinski definition) is 4. The molecule has 1 unspecified atom stereocenters. The number of sulfone groups is 1. The van der Waals surface area contributed by atoms with E-state index in [1.165, 1.54) is 6.26 Å². The fourth-order valence-electron chi connectivity index (χ4n) is 2.57. The maximum absolute atomic E-state index is 11.4. The molecule has 4 nitrogen and oxygen atoms in total. The molecule has 106 valence electrons. The molecule has 1 atom stereocenters. The molecule has 2 heterocycles. The summed E-state index contributed by atoms with van der Waals surface area (Å²) in [5.41, 5.74) is 0.997. The van der Waals surface area contributed by atoms with Gasteiger partial charge in [-0.2, -0.15) is 0 Å². The van der Waals surface area contributed by atoms with Crippen molar-refractivity contribution in [3.63, 3.8) is 0 Å². The molecule has 0 amide bonds. The summed E-state index contributed by atoms with van der Waals surface area (Å²) in [6.45, 7) is 3.55. The molecule has 1 aromatic rings. The lowest BCUT2D eigenvalue weighted by Crippen LogP contribution is -2.38. The molecular formula is C13H19ClN2O2S. The highest BCUT2D eigenvalue weighted by Crippen LogP contribution is 2.30. The van der Waals surface area contributed by atoms with Gasteiger partial charge in [0.25, 0.3) is 0 Å². The molecule has 1 saturated heterocycles. The van der Waals surface area contributed by atoms with Crippen molar-refractivity contribution in [2.45, 2.75) is 19.8 Å². The van der Waals surface area contributed by atoms with Gasteiger partial charge in [-0.15, -0.1) is 0 Å². The highest BCUT2D eigenvalue weighted by molar-refractivity contribution is 7.90. The van der Waals surface area contributed by atoms with Gasteiger partial charge in [-0.3, -0.25) is 0 Å². The molecule has 0 spiro atoms. The van der Waals surface area contributed by atoms with Crippen LogP contribution in [0.1, 0.15) is 18.4 Å². The smallest absolute Gasteiger partial charge is 0.147 e. The van der Waals surface area contributed by atoms with Crippen LogP contribution in [-0.2, 0) is 9.84 Å². The summed E-state index contributed by atoms with van der Waals surface area (Å²) in [5, 5.41) is 0.669. The van der Waals surface area contributed by atoms with Crippen LogP contribution in [0.2, 0.25) is 5.02 Å². The zero-order valence-electron chi connectivity index (χ0n) is 11.3. The summed E-state index contributed by atoms with van der Waals surface area (Å²) < 4.78 is 22.8. The van der Waals surface area contributed by atoms with Gasteiger partial charge >= 0.3 is 0 Å². The summed E-state index contributed by atoms with van der Waals surface area (Å²) in [6.07, 6.45) is 4.97. The number of anilines is 1. The Kier molecular flexibility index (Phi) is 4.36. The summed E-state index contributed by atoms with van der Waals surface area (Å²) in [7, 11) is -2.93. The van der Waals surface area contributed by atoms with E-state index in [1.54, 1.807) is 6.20 Å². The summed E-state index contributed by atoms with van der Waals surface area (Å²) in [4.78, 5) is 6.44. The van der Waals surface area contributed by atoms with Crippen LogP contribution < -0.4 is 4.90 Å². The van der Waals surface area contributed by atoms with Gasteiger partial charge in [-0.05, 0) is 37.3 Å². The number of halogens is 1. The van der Waals surface area contributed by atoms with Gasteiger partial charge < -0.3 is 4.90 Å². The van der Waals surface area contributed by atoms with E-state index in [-0.39, 0.29) is 11.7 Å². The van der Waals surface area contributed by atoms with Gasteiger partial charge in [0.1, 0.15) is 15.7 Å². The first-order chi connectivity index (χ1) is 8.87. The van der Waals surface area contributed by atoms with Gasteiger partial charge in [0.2, 0.25) is 0 Å². The Bertz CT molecular complexity index is 560. The highest BCUT2D eigenvalue weighted by Gasteiger charge is 2.25. The van der Waals surface area contributed by atoms with Crippen LogP contribution in [-0.4, -0.2) is 38.5 Å². The summed E-state index contributed by atoms with van der Waals surface area (Å²) in [6, 6.07) is 1.88. The molecule has 0 radical (unpaired) electrons. The van der Waals surface area contributed by atoms with Crippen molar-refractivity contribution in [2.24, 2.45) is 5.92 Å². The largest absolute Gasteiger partial charge is 0.355 e. The predicted octanol–water partition coefficient (Wildman–Crippen LogP) is 2.30. The van der Waals surface area contributed by atoms with Crippen molar-refractivity contribution in [1.29, 1.82) is 0 Å². The van der Waals surface area contributed by atoms with Crippen molar-refractivity contribution >= 4 is 27.3 Å². The average Bonchev–Trinajstić information content (AvgIpc) is 2.31. The van der Waals surface area contributed by atoms with E-state index in [0.29, 0.717) is 11.6 Å². The molecule has 0 aliphatic carbocycles. The van der Waals surface area contributed by atoms with Gasteiger partial charge in [-0.1, -0.05) is 11.6 Å². The monoisotopic (exact) mass is 302 g/mol. The number of nitrogens with zero attached hydrogens (tertiary/aromatic N) is 2. The van der Waals surface area contributed by atoms with Crippen molar-refractivity contribution < 1.29 is 8.42 Å². The van der Waals surface area contributed by atoms with Gasteiger partial charge in [-0.25, -0.2) is 13.4 Å². The fraction of sp³-hybridized carbons (Fsp3) is 0.615. The van der Waals surface area contributed by atoms with Crippen LogP contribution in [0.4, 0.5) is 5.82 Å². The molecular weight excluding hydrogens is 284 g/mol. The van der Waals surface area contributed by atoms with Gasteiger partial charge in [0.15, 0.2) is 0 Å². The number of aromatic nitrogens is 1. The lowest BCUT2D eigenvalue weighted by atomic mass is 10.00. The second-order valence-corrected chi connectivity index (χ2v) is 7.87. The van der Waals surface area contributed by atoms with Crippen LogP contribution >= 0.6 is 11.6 Å². The van der Waals surface area contributed by atoms with E-state index < -0.39 is 9.84 Å². The molecule has 1 aromatic heterocycles. The summed E-state index contributed by atoms with van der Waals surface area (Å²) >= 11 is 6.28. The summed E-state index contributed by atoms with van der Waals surface area (Å²) in [5.74, 6) is 1.19. The first-order valence-corrected chi connectivity index (χ1v) is 8.84. The van der Waals surface area contributed by atoms with E-state index >= 15 is 0 Å². The Balaban J connectivity index is 2.15. The van der Waals surface area contributed by atoms with Crippen molar-refractivity contribution in [3.8, 4) is 0 Å². The lowest BCUT2D eigenvalue weighted by Gasteiger charge is -2.33. The molecule has 6 heteroatoms. The van der Waals surface area contributed by atoms with Crippen LogP contribution in [0.25, 0.3) is 0 Å². The second-order valence-electron chi connectivity index (χ2n) is 5.31. The molecule has 0 aromatic carbocycles. The third-order valence-electron chi connectivity index (χ3n) is 3.42. The van der Waals surface area contributed by atoms with E-state index in [0.717, 1.165) is 30.8 Å². The van der Waals surface area contributed by atoms with E-state index in [2.05, 4.69) is 9.88 Å². The molecule has 0 bridgehead atoms. The Hall–Kier alpha value is -0.810. The Morgan fingerprint density at radius 1 is 1.53 bits per heavy atom. The van der Waals surface area contributed by atoms with Crippen molar-refractivity contribution in [2.75, 3.05) is 30.0 Å². The maximum Gasteiger partial charge on any atom is 0.147 e. The van der Waals surface area contributed by atoms with Crippen LogP contribution in [0, 0.1) is 12.8 Å². The van der Waals surface area contributed by atoms with Crippen LogP contribution in [0.5, 0.6) is 0 Å². The number of rotatable bonds is 3. The molecule has 1 aliphatic rings. The third kappa shape index (κ3) is 3.83. The molecule has 0 N–H and O–H groups in total. The minimum Gasteiger partial charge on any atom is -0.355 e. The number of hydrogen-bond donors (Lipinski definition) is 0. The van der Waals surface area contributed by atoms with Crippen LogP contribution in [0.3, 0.4) is 0 Å². The average molecular weight is 303 g/mol. The van der Waals surface area contributed by atoms with Gasteiger partial charge in [0, 0.05) is 25.5 Å². The standard InChI is InChI=1S/C13H19ClN2O2S/c1-10-5-6-15-13(12(10)14)16-7-3-4-11(8-16)9-19(2,17)18/h5-6,11H,3-4,7-9H2,1-2H3. The number of piperidine rings is 1. The highest BCUT2D eigenvalue weighted by atomic mass is 35.5. The Labute approximate surface area is 119 Å². The SMILES string of the molecule is Cc1ccnc(N2CCCC(CS(C)(=O)=O)C2)c1Cl. The zero-order chi connectivity index (χ0) is 14.0. The predicted molar refractivity (Wildman–Crippen MR) is 78.6 cm³/mol. The van der Waals surface area contributed by atoms with E-state index in [1.807, 2.05) is 13.0 Å². The molecule has 2 rings (SSSR count).